The van der Waals surface area contributed by atoms with Crippen molar-refractivity contribution in [2.24, 2.45) is 0 Å². The first-order valence-electron chi connectivity index (χ1n) is 8.84. The van der Waals surface area contributed by atoms with E-state index in [1.807, 2.05) is 0 Å². The molecular weight excluding hydrogens is 382 g/mol. The van der Waals surface area contributed by atoms with E-state index in [0.29, 0.717) is 17.2 Å². The molecule has 0 unspecified atom stereocenters. The molecule has 2 aromatic carbocycles. The zero-order valence-corrected chi connectivity index (χ0v) is 16.6. The van der Waals surface area contributed by atoms with Crippen LogP contribution < -0.4 is 19.5 Å². The summed E-state index contributed by atoms with van der Waals surface area (Å²) in [5.41, 5.74) is 0.808. The molecule has 0 saturated carbocycles. The average Bonchev–Trinajstić information content (AvgIpc) is 3.23. The molecule has 0 aliphatic carbocycles. The van der Waals surface area contributed by atoms with Gasteiger partial charge in [-0.3, -0.25) is 4.72 Å². The zero-order valence-electron chi connectivity index (χ0n) is 15.8. The second kappa shape index (κ2) is 8.39. The molecule has 0 bridgehead atoms. The van der Waals surface area contributed by atoms with Crippen molar-refractivity contribution in [3.63, 3.8) is 0 Å². The fourth-order valence-corrected chi connectivity index (χ4v) is 4.00. The molecule has 28 heavy (non-hydrogen) atoms. The van der Waals surface area contributed by atoms with E-state index in [9.17, 15) is 13.2 Å². The minimum atomic E-state index is -3.84. The Bertz CT molecular complexity index is 939. The predicted molar refractivity (Wildman–Crippen MR) is 107 cm³/mol. The second-order valence-corrected chi connectivity index (χ2v) is 8.00. The highest BCUT2D eigenvalue weighted by molar-refractivity contribution is 7.92. The monoisotopic (exact) mass is 405 g/mol. The summed E-state index contributed by atoms with van der Waals surface area (Å²) in [7, 11) is -0.889. The van der Waals surface area contributed by atoms with Crippen molar-refractivity contribution in [1.82, 2.24) is 4.90 Å². The third-order valence-electron chi connectivity index (χ3n) is 4.46. The highest BCUT2D eigenvalue weighted by Crippen LogP contribution is 2.31. The smallest absolute Gasteiger partial charge is 0.321 e. The molecule has 8 nitrogen and oxygen atoms in total. The Kier molecular flexibility index (Phi) is 5.93. The molecule has 1 aliphatic rings. The largest absolute Gasteiger partial charge is 0.497 e. The summed E-state index contributed by atoms with van der Waals surface area (Å²) in [6, 6.07) is 10.7. The van der Waals surface area contributed by atoms with E-state index in [1.54, 1.807) is 35.2 Å². The lowest BCUT2D eigenvalue weighted by molar-refractivity contribution is 0.222. The van der Waals surface area contributed by atoms with Crippen LogP contribution in [-0.4, -0.2) is 46.7 Å². The van der Waals surface area contributed by atoms with Gasteiger partial charge < -0.3 is 19.7 Å². The maximum absolute atomic E-state index is 12.7. The third kappa shape index (κ3) is 4.48. The van der Waals surface area contributed by atoms with Crippen LogP contribution in [0.5, 0.6) is 11.5 Å². The summed E-state index contributed by atoms with van der Waals surface area (Å²) >= 11 is 0. The highest BCUT2D eigenvalue weighted by Gasteiger charge is 2.19. The van der Waals surface area contributed by atoms with Crippen molar-refractivity contribution in [3.8, 4) is 11.5 Å². The van der Waals surface area contributed by atoms with Crippen molar-refractivity contribution in [2.75, 3.05) is 37.3 Å². The SMILES string of the molecule is COc1ccc(OC)c(NS(=O)(=O)c2ccc(NC(=O)N3CCCC3)cc2)c1. The normalized spacial score (nSPS) is 13.9. The Hall–Kier alpha value is -2.94. The number of carbonyl (C=O) groups is 1. The standard InChI is InChI=1S/C19H23N3O5S/c1-26-15-7-10-18(27-2)17(13-15)21-28(24,25)16-8-5-14(6-9-16)20-19(23)22-11-3-4-12-22/h5-10,13,21H,3-4,11-12H2,1-2H3,(H,20,23). The molecule has 0 spiro atoms. The molecule has 1 fully saturated rings. The summed E-state index contributed by atoms with van der Waals surface area (Å²) in [4.78, 5) is 13.9. The molecule has 9 heteroatoms. The van der Waals surface area contributed by atoms with Gasteiger partial charge in [0.05, 0.1) is 24.8 Å². The van der Waals surface area contributed by atoms with Gasteiger partial charge in [-0.1, -0.05) is 0 Å². The van der Waals surface area contributed by atoms with Crippen molar-refractivity contribution in [2.45, 2.75) is 17.7 Å². The molecule has 0 atom stereocenters. The van der Waals surface area contributed by atoms with Gasteiger partial charge in [-0.15, -0.1) is 0 Å². The van der Waals surface area contributed by atoms with E-state index < -0.39 is 10.0 Å². The quantitative estimate of drug-likeness (QED) is 0.770. The van der Waals surface area contributed by atoms with Crippen LogP contribution in [0.4, 0.5) is 16.2 Å². The molecule has 1 saturated heterocycles. The van der Waals surface area contributed by atoms with Gasteiger partial charge in [-0.25, -0.2) is 13.2 Å². The number of anilines is 2. The molecule has 2 amide bonds. The van der Waals surface area contributed by atoms with E-state index >= 15 is 0 Å². The number of likely N-dealkylation sites (tertiary alicyclic amines) is 1. The van der Waals surface area contributed by atoms with Crippen LogP contribution in [0.1, 0.15) is 12.8 Å². The summed E-state index contributed by atoms with van der Waals surface area (Å²) < 4.78 is 38.3. The van der Waals surface area contributed by atoms with Crippen LogP contribution in [0.15, 0.2) is 47.4 Å². The maximum Gasteiger partial charge on any atom is 0.321 e. The molecule has 2 N–H and O–H groups in total. The molecule has 1 heterocycles. The average molecular weight is 405 g/mol. The van der Waals surface area contributed by atoms with Crippen LogP contribution in [-0.2, 0) is 10.0 Å². The lowest BCUT2D eigenvalue weighted by atomic mass is 10.3. The topological polar surface area (TPSA) is 97.0 Å². The molecule has 2 aromatic rings. The van der Waals surface area contributed by atoms with Crippen molar-refractivity contribution >= 4 is 27.4 Å². The lowest BCUT2D eigenvalue weighted by Crippen LogP contribution is -2.32. The van der Waals surface area contributed by atoms with Gasteiger partial charge in [0.15, 0.2) is 0 Å². The number of urea groups is 1. The molecule has 0 radical (unpaired) electrons. The predicted octanol–water partition coefficient (Wildman–Crippen LogP) is 3.13. The molecule has 150 valence electrons. The van der Waals surface area contributed by atoms with Gasteiger partial charge in [0.25, 0.3) is 10.0 Å². The molecular formula is C19H23N3O5S. The first kappa shape index (κ1) is 19.8. The number of hydrogen-bond donors (Lipinski definition) is 2. The minimum Gasteiger partial charge on any atom is -0.497 e. The van der Waals surface area contributed by atoms with E-state index in [4.69, 9.17) is 9.47 Å². The first-order chi connectivity index (χ1) is 13.4. The number of nitrogens with one attached hydrogen (secondary N) is 2. The minimum absolute atomic E-state index is 0.0662. The molecule has 0 aromatic heterocycles. The Morgan fingerprint density at radius 3 is 2.29 bits per heavy atom. The number of rotatable bonds is 6. The van der Waals surface area contributed by atoms with Crippen molar-refractivity contribution in [1.29, 1.82) is 0 Å². The number of sulfonamides is 1. The molecule has 1 aliphatic heterocycles. The van der Waals surface area contributed by atoms with E-state index in [1.165, 1.54) is 26.4 Å². The highest BCUT2D eigenvalue weighted by atomic mass is 32.2. The summed E-state index contributed by atoms with van der Waals surface area (Å²) in [6.45, 7) is 1.48. The van der Waals surface area contributed by atoms with Crippen molar-refractivity contribution in [3.05, 3.63) is 42.5 Å². The Morgan fingerprint density at radius 2 is 1.68 bits per heavy atom. The van der Waals surface area contributed by atoms with Crippen molar-refractivity contribution < 1.29 is 22.7 Å². The van der Waals surface area contributed by atoms with E-state index in [0.717, 1.165) is 25.9 Å². The number of hydrogen-bond acceptors (Lipinski definition) is 5. The van der Waals surface area contributed by atoms with Crippen LogP contribution in [0.3, 0.4) is 0 Å². The number of carbonyl (C=O) groups excluding carboxylic acids is 1. The van der Waals surface area contributed by atoms with Crippen LogP contribution in [0.2, 0.25) is 0 Å². The van der Waals surface area contributed by atoms with Gasteiger partial charge in [0.2, 0.25) is 0 Å². The van der Waals surface area contributed by atoms with Gasteiger partial charge in [0.1, 0.15) is 11.5 Å². The van der Waals surface area contributed by atoms with Gasteiger partial charge in [0, 0.05) is 24.8 Å². The fraction of sp³-hybridized carbons (Fsp3) is 0.316. The first-order valence-corrected chi connectivity index (χ1v) is 10.3. The van der Waals surface area contributed by atoms with Crippen LogP contribution >= 0.6 is 0 Å². The Labute approximate surface area is 164 Å². The zero-order chi connectivity index (χ0) is 20.1. The van der Waals surface area contributed by atoms with Crippen LogP contribution in [0.25, 0.3) is 0 Å². The number of benzene rings is 2. The van der Waals surface area contributed by atoms with Gasteiger partial charge in [-0.05, 0) is 49.2 Å². The Morgan fingerprint density at radius 1 is 1.00 bits per heavy atom. The van der Waals surface area contributed by atoms with Gasteiger partial charge >= 0.3 is 6.03 Å². The number of methoxy groups -OCH3 is 2. The third-order valence-corrected chi connectivity index (χ3v) is 5.84. The van der Waals surface area contributed by atoms with Crippen LogP contribution in [0, 0.1) is 0 Å². The van der Waals surface area contributed by atoms with E-state index in [-0.39, 0.29) is 16.6 Å². The summed E-state index contributed by atoms with van der Waals surface area (Å²) in [6.07, 6.45) is 2.01. The molecule has 3 rings (SSSR count). The number of amides is 2. The maximum atomic E-state index is 12.7. The number of nitrogens with zero attached hydrogens (tertiary/aromatic N) is 1. The number of ether oxygens (including phenoxy) is 2. The summed E-state index contributed by atoms with van der Waals surface area (Å²) in [5, 5.41) is 2.78. The van der Waals surface area contributed by atoms with Gasteiger partial charge in [-0.2, -0.15) is 0 Å². The Balaban J connectivity index is 1.74. The second-order valence-electron chi connectivity index (χ2n) is 6.32. The fourth-order valence-electron chi connectivity index (χ4n) is 2.94. The summed E-state index contributed by atoms with van der Waals surface area (Å²) in [5.74, 6) is 0.873. The lowest BCUT2D eigenvalue weighted by Gasteiger charge is -2.16. The van der Waals surface area contributed by atoms with E-state index in [2.05, 4.69) is 10.0 Å².